The van der Waals surface area contributed by atoms with Gasteiger partial charge in [-0.2, -0.15) is 23.4 Å². The lowest BCUT2D eigenvalue weighted by atomic mass is 10.3. The minimum atomic E-state index is -4.56. The van der Waals surface area contributed by atoms with Gasteiger partial charge in [0.05, 0.1) is 11.6 Å². The van der Waals surface area contributed by atoms with E-state index in [4.69, 9.17) is 16.0 Å². The maximum Gasteiger partial charge on any atom is 0.435 e. The molecule has 0 atom stereocenters. The van der Waals surface area contributed by atoms with Crippen LogP contribution < -0.4 is 5.32 Å². The SMILES string of the molecule is Cc1cc(C(F)(F)F)nn1CCCNC(=O)c1ccc(Cn2nc(C(F)F)c(Cl)c2C(F)F)o1. The zero-order valence-electron chi connectivity index (χ0n) is 17.3. The summed E-state index contributed by atoms with van der Waals surface area (Å²) in [5.41, 5.74) is -2.59. The molecule has 0 aliphatic rings. The summed E-state index contributed by atoms with van der Waals surface area (Å²) in [7, 11) is 0. The van der Waals surface area contributed by atoms with Crippen molar-refractivity contribution < 1.29 is 39.9 Å². The van der Waals surface area contributed by atoms with Gasteiger partial charge >= 0.3 is 6.18 Å². The summed E-state index contributed by atoms with van der Waals surface area (Å²) in [4.78, 5) is 12.2. The van der Waals surface area contributed by atoms with Gasteiger partial charge in [-0.1, -0.05) is 11.6 Å². The van der Waals surface area contributed by atoms with Crippen LogP contribution in [0.1, 0.15) is 58.4 Å². The Balaban J connectivity index is 1.57. The lowest BCUT2D eigenvalue weighted by Crippen LogP contribution is -2.25. The zero-order valence-corrected chi connectivity index (χ0v) is 18.1. The second-order valence-corrected chi connectivity index (χ2v) is 7.49. The molecule has 3 aromatic rings. The molecule has 0 bridgehead atoms. The van der Waals surface area contributed by atoms with E-state index in [2.05, 4.69) is 15.5 Å². The molecule has 3 heterocycles. The molecule has 34 heavy (non-hydrogen) atoms. The molecule has 7 nitrogen and oxygen atoms in total. The highest BCUT2D eigenvalue weighted by Gasteiger charge is 2.34. The monoisotopic (exact) mass is 515 g/mol. The molecule has 1 amide bonds. The van der Waals surface area contributed by atoms with E-state index in [-0.39, 0.29) is 31.0 Å². The number of amides is 1. The highest BCUT2D eigenvalue weighted by atomic mass is 35.5. The third-order valence-corrected chi connectivity index (χ3v) is 5.05. The van der Waals surface area contributed by atoms with Gasteiger partial charge in [-0.05, 0) is 31.5 Å². The first-order valence-corrected chi connectivity index (χ1v) is 10.1. The van der Waals surface area contributed by atoms with Gasteiger partial charge < -0.3 is 9.73 Å². The van der Waals surface area contributed by atoms with Crippen molar-refractivity contribution in [3.63, 3.8) is 0 Å². The Morgan fingerprint density at radius 3 is 2.44 bits per heavy atom. The quantitative estimate of drug-likeness (QED) is 0.306. The number of hydrogen-bond acceptors (Lipinski definition) is 4. The van der Waals surface area contributed by atoms with Crippen LogP contribution in [0, 0.1) is 6.92 Å². The number of rotatable bonds is 9. The number of nitrogens with zero attached hydrogens (tertiary/aromatic N) is 4. The van der Waals surface area contributed by atoms with Crippen LogP contribution in [-0.4, -0.2) is 32.0 Å². The van der Waals surface area contributed by atoms with Gasteiger partial charge in [-0.25, -0.2) is 17.6 Å². The zero-order chi connectivity index (χ0) is 25.2. The van der Waals surface area contributed by atoms with Crippen LogP contribution in [0.25, 0.3) is 0 Å². The van der Waals surface area contributed by atoms with E-state index in [1.807, 2.05) is 0 Å². The van der Waals surface area contributed by atoms with Crippen LogP contribution in [0.5, 0.6) is 0 Å². The molecule has 0 aliphatic heterocycles. The van der Waals surface area contributed by atoms with E-state index in [1.54, 1.807) is 0 Å². The largest absolute Gasteiger partial charge is 0.454 e. The molecule has 186 valence electrons. The molecule has 0 saturated carbocycles. The number of hydrogen-bond donors (Lipinski definition) is 1. The van der Waals surface area contributed by atoms with Crippen LogP contribution >= 0.6 is 11.6 Å². The smallest absolute Gasteiger partial charge is 0.435 e. The number of alkyl halides is 7. The molecule has 0 aliphatic carbocycles. The molecule has 1 N–H and O–H groups in total. The molecule has 3 rings (SSSR count). The minimum absolute atomic E-state index is 0.0149. The second-order valence-electron chi connectivity index (χ2n) is 7.11. The summed E-state index contributed by atoms with van der Waals surface area (Å²) in [6, 6.07) is 3.45. The van der Waals surface area contributed by atoms with Crippen LogP contribution in [0.3, 0.4) is 0 Å². The predicted molar refractivity (Wildman–Crippen MR) is 104 cm³/mol. The number of aryl methyl sites for hydroxylation is 2. The number of carbonyl (C=O) groups excluding carboxylic acids is 1. The minimum Gasteiger partial charge on any atom is -0.454 e. The van der Waals surface area contributed by atoms with Gasteiger partial charge in [0.2, 0.25) is 0 Å². The first kappa shape index (κ1) is 25.6. The lowest BCUT2D eigenvalue weighted by Gasteiger charge is -2.06. The molecular formula is C19H17ClF7N5O2. The molecule has 3 aromatic heterocycles. The average molecular weight is 516 g/mol. The van der Waals surface area contributed by atoms with Crippen LogP contribution in [-0.2, 0) is 19.3 Å². The lowest BCUT2D eigenvalue weighted by molar-refractivity contribution is -0.141. The molecule has 0 unspecified atom stereocenters. The Labute approximate surface area is 192 Å². The Morgan fingerprint density at radius 2 is 1.85 bits per heavy atom. The maximum atomic E-state index is 13.2. The summed E-state index contributed by atoms with van der Waals surface area (Å²) >= 11 is 5.59. The molecule has 0 saturated heterocycles. The van der Waals surface area contributed by atoms with Gasteiger partial charge in [-0.3, -0.25) is 14.2 Å². The fraction of sp³-hybridized carbons (Fsp3) is 0.421. The van der Waals surface area contributed by atoms with Crippen molar-refractivity contribution in [3.8, 4) is 0 Å². The fourth-order valence-corrected chi connectivity index (χ4v) is 3.37. The van der Waals surface area contributed by atoms with E-state index in [0.717, 1.165) is 6.07 Å². The third-order valence-electron chi connectivity index (χ3n) is 4.66. The Kier molecular flexibility index (Phi) is 7.58. The summed E-state index contributed by atoms with van der Waals surface area (Å²) in [6.45, 7) is 1.20. The predicted octanol–water partition coefficient (Wildman–Crippen LogP) is 5.40. The van der Waals surface area contributed by atoms with Gasteiger partial charge in [0.1, 0.15) is 17.1 Å². The number of halogens is 8. The standard InChI is InChI=1S/C19H17ClF7N5O2/c1-9-7-12(19(25,26)27)29-31(9)6-2-5-28-18(33)11-4-3-10(34-11)8-32-15(17(23)24)13(20)14(30-32)16(21)22/h3-4,7,16-17H,2,5-6,8H2,1H3,(H,28,33). The Bertz CT molecular complexity index is 1150. The summed E-state index contributed by atoms with van der Waals surface area (Å²) in [6.07, 6.45) is -10.6. The Hall–Kier alpha value is -3.03. The molecule has 0 radical (unpaired) electrons. The van der Waals surface area contributed by atoms with Crippen molar-refractivity contribution in [1.82, 2.24) is 24.9 Å². The van der Waals surface area contributed by atoms with Gasteiger partial charge in [0.15, 0.2) is 11.5 Å². The molecule has 0 aromatic carbocycles. The highest BCUT2D eigenvalue weighted by molar-refractivity contribution is 6.32. The van der Waals surface area contributed by atoms with E-state index >= 15 is 0 Å². The molecule has 15 heteroatoms. The third kappa shape index (κ3) is 5.72. The van der Waals surface area contributed by atoms with Crippen LogP contribution in [0.2, 0.25) is 5.02 Å². The summed E-state index contributed by atoms with van der Waals surface area (Å²) < 4.78 is 97.4. The fourth-order valence-electron chi connectivity index (χ4n) is 3.07. The van der Waals surface area contributed by atoms with Crippen molar-refractivity contribution in [2.24, 2.45) is 0 Å². The topological polar surface area (TPSA) is 77.9 Å². The van der Waals surface area contributed by atoms with Gasteiger partial charge in [0, 0.05) is 18.8 Å². The molecule has 0 fully saturated rings. The number of aromatic nitrogens is 4. The van der Waals surface area contributed by atoms with E-state index < -0.39 is 53.6 Å². The number of nitrogens with one attached hydrogen (secondary N) is 1. The van der Waals surface area contributed by atoms with E-state index in [0.29, 0.717) is 10.4 Å². The van der Waals surface area contributed by atoms with Crippen molar-refractivity contribution in [3.05, 3.63) is 57.5 Å². The summed E-state index contributed by atoms with van der Waals surface area (Å²) in [5, 5.41) is 8.55. The first-order chi connectivity index (χ1) is 15.9. The number of furan rings is 1. The first-order valence-electron chi connectivity index (χ1n) is 9.69. The molecule has 0 spiro atoms. The van der Waals surface area contributed by atoms with Crippen molar-refractivity contribution in [2.45, 2.75) is 45.5 Å². The van der Waals surface area contributed by atoms with Crippen LogP contribution in [0.15, 0.2) is 22.6 Å². The van der Waals surface area contributed by atoms with Crippen molar-refractivity contribution >= 4 is 17.5 Å². The van der Waals surface area contributed by atoms with Gasteiger partial charge in [-0.15, -0.1) is 0 Å². The van der Waals surface area contributed by atoms with E-state index in [9.17, 15) is 35.5 Å². The van der Waals surface area contributed by atoms with Gasteiger partial charge in [0.25, 0.3) is 18.8 Å². The average Bonchev–Trinajstić information content (AvgIpc) is 3.42. The Morgan fingerprint density at radius 1 is 1.15 bits per heavy atom. The maximum absolute atomic E-state index is 13.2. The van der Waals surface area contributed by atoms with Crippen molar-refractivity contribution in [1.29, 1.82) is 0 Å². The molecular weight excluding hydrogens is 499 g/mol. The second kappa shape index (κ2) is 10.1. The summed E-state index contributed by atoms with van der Waals surface area (Å²) in [5.74, 6) is -0.866. The van der Waals surface area contributed by atoms with Crippen molar-refractivity contribution in [2.75, 3.05) is 6.54 Å². The van der Waals surface area contributed by atoms with Crippen LogP contribution in [0.4, 0.5) is 30.7 Å². The number of carbonyl (C=O) groups is 1. The van der Waals surface area contributed by atoms with E-state index in [1.165, 1.54) is 23.7 Å². The highest BCUT2D eigenvalue weighted by Crippen LogP contribution is 2.35. The normalized spacial score (nSPS) is 12.2.